The van der Waals surface area contributed by atoms with E-state index in [4.69, 9.17) is 4.74 Å². The van der Waals surface area contributed by atoms with Crippen molar-refractivity contribution in [1.29, 1.82) is 0 Å². The van der Waals surface area contributed by atoms with Crippen molar-refractivity contribution in [3.63, 3.8) is 0 Å². The number of para-hydroxylation sites is 2. The molecule has 1 atom stereocenters. The van der Waals surface area contributed by atoms with Gasteiger partial charge >= 0.3 is 0 Å². The van der Waals surface area contributed by atoms with Crippen LogP contribution in [0.1, 0.15) is 11.1 Å². The molecule has 0 spiro atoms. The number of aryl methyl sites for hydroxylation is 1. The minimum absolute atomic E-state index is 0.00529. The predicted octanol–water partition coefficient (Wildman–Crippen LogP) is 2.85. The number of amides is 1. The number of carbonyl (C=O) groups excluding carboxylic acids is 1. The van der Waals surface area contributed by atoms with Gasteiger partial charge in [-0.2, -0.15) is 0 Å². The Balaban J connectivity index is 1.91. The van der Waals surface area contributed by atoms with E-state index in [1.165, 1.54) is 11.1 Å². The highest BCUT2D eigenvalue weighted by molar-refractivity contribution is 5.83. The van der Waals surface area contributed by atoms with Crippen LogP contribution >= 0.6 is 0 Å². The van der Waals surface area contributed by atoms with Crippen LogP contribution in [0.2, 0.25) is 0 Å². The van der Waals surface area contributed by atoms with Crippen LogP contribution in [0, 0.1) is 6.92 Å². The normalized spacial score (nSPS) is 16.5. The first-order valence-corrected chi connectivity index (χ1v) is 7.82. The van der Waals surface area contributed by atoms with Crippen LogP contribution in [0.25, 0.3) is 0 Å². The molecule has 4 heteroatoms. The van der Waals surface area contributed by atoms with Crippen molar-refractivity contribution >= 4 is 11.6 Å². The lowest BCUT2D eigenvalue weighted by Gasteiger charge is -2.36. The van der Waals surface area contributed by atoms with Crippen molar-refractivity contribution in [3.8, 4) is 5.75 Å². The van der Waals surface area contributed by atoms with Crippen molar-refractivity contribution < 1.29 is 9.53 Å². The first-order valence-electron chi connectivity index (χ1n) is 7.82. The Bertz CT molecular complexity index is 712. The first kappa shape index (κ1) is 15.4. The van der Waals surface area contributed by atoms with Crippen LogP contribution in [-0.2, 0) is 11.3 Å². The van der Waals surface area contributed by atoms with Gasteiger partial charge in [0.25, 0.3) is 5.91 Å². The lowest BCUT2D eigenvalue weighted by molar-refractivity contribution is -0.136. The van der Waals surface area contributed by atoms with Crippen LogP contribution in [0.15, 0.2) is 48.5 Å². The third-order valence-electron chi connectivity index (χ3n) is 4.20. The zero-order chi connectivity index (χ0) is 16.4. The van der Waals surface area contributed by atoms with Gasteiger partial charge in [0.15, 0.2) is 6.10 Å². The average Bonchev–Trinajstić information content (AvgIpc) is 2.56. The Morgan fingerprint density at radius 3 is 2.61 bits per heavy atom. The van der Waals surface area contributed by atoms with E-state index in [-0.39, 0.29) is 5.91 Å². The van der Waals surface area contributed by atoms with Gasteiger partial charge in [-0.1, -0.05) is 36.4 Å². The molecular weight excluding hydrogens is 288 g/mol. The van der Waals surface area contributed by atoms with Crippen molar-refractivity contribution in [2.24, 2.45) is 0 Å². The van der Waals surface area contributed by atoms with E-state index in [2.05, 4.69) is 30.0 Å². The second-order valence-electron chi connectivity index (χ2n) is 6.11. The summed E-state index contributed by atoms with van der Waals surface area (Å²) in [5.74, 6) is 0.766. The topological polar surface area (TPSA) is 32.8 Å². The number of nitrogens with zero attached hydrogens (tertiary/aromatic N) is 2. The molecule has 0 aliphatic carbocycles. The fraction of sp³-hybridized carbons (Fsp3) is 0.316. The number of benzene rings is 2. The van der Waals surface area contributed by atoms with Crippen LogP contribution in [0.5, 0.6) is 5.75 Å². The van der Waals surface area contributed by atoms with Gasteiger partial charge in [0, 0.05) is 20.6 Å². The van der Waals surface area contributed by atoms with Gasteiger partial charge in [0.2, 0.25) is 0 Å². The van der Waals surface area contributed by atoms with Crippen LogP contribution in [0.4, 0.5) is 5.69 Å². The summed E-state index contributed by atoms with van der Waals surface area (Å²) in [7, 11) is 3.52. The molecular formula is C19H22N2O2. The van der Waals surface area contributed by atoms with Crippen molar-refractivity contribution in [3.05, 3.63) is 59.7 Å². The molecule has 0 N–H and O–H groups in total. The minimum atomic E-state index is -0.469. The van der Waals surface area contributed by atoms with Crippen LogP contribution < -0.4 is 9.64 Å². The third kappa shape index (κ3) is 3.16. The lowest BCUT2D eigenvalue weighted by atomic mass is 10.1. The monoisotopic (exact) mass is 310 g/mol. The summed E-state index contributed by atoms with van der Waals surface area (Å²) < 4.78 is 5.92. The molecule has 0 aromatic heterocycles. The second-order valence-corrected chi connectivity index (χ2v) is 6.11. The van der Waals surface area contributed by atoms with Gasteiger partial charge in [-0.05, 0) is 30.2 Å². The molecule has 1 heterocycles. The van der Waals surface area contributed by atoms with Crippen LogP contribution in [0.3, 0.4) is 0 Å². The molecule has 120 valence electrons. The molecule has 1 aliphatic heterocycles. The van der Waals surface area contributed by atoms with E-state index in [0.29, 0.717) is 6.54 Å². The molecule has 2 aromatic carbocycles. The molecule has 1 amide bonds. The molecule has 0 bridgehead atoms. The second kappa shape index (κ2) is 6.32. The van der Waals surface area contributed by atoms with Crippen molar-refractivity contribution in [1.82, 2.24) is 4.90 Å². The molecule has 2 aromatic rings. The summed E-state index contributed by atoms with van der Waals surface area (Å²) in [6.45, 7) is 3.44. The molecule has 23 heavy (non-hydrogen) atoms. The molecule has 4 nitrogen and oxygen atoms in total. The van der Waals surface area contributed by atoms with Gasteiger partial charge in [-0.3, -0.25) is 4.79 Å². The predicted molar refractivity (Wildman–Crippen MR) is 91.8 cm³/mol. The third-order valence-corrected chi connectivity index (χ3v) is 4.20. The zero-order valence-corrected chi connectivity index (χ0v) is 13.8. The number of anilines is 1. The van der Waals surface area contributed by atoms with E-state index in [9.17, 15) is 4.79 Å². The number of ether oxygens (including phenoxy) is 1. The van der Waals surface area contributed by atoms with E-state index < -0.39 is 6.10 Å². The number of hydrogen-bond acceptors (Lipinski definition) is 3. The zero-order valence-electron chi connectivity index (χ0n) is 13.8. The van der Waals surface area contributed by atoms with E-state index in [1.54, 1.807) is 19.0 Å². The maximum Gasteiger partial charge on any atom is 0.265 e. The van der Waals surface area contributed by atoms with Gasteiger partial charge in [-0.25, -0.2) is 0 Å². The lowest BCUT2D eigenvalue weighted by Crippen LogP contribution is -2.48. The summed E-state index contributed by atoms with van der Waals surface area (Å²) in [6, 6.07) is 16.3. The standard InChI is InChI=1S/C19H22N2O2/c1-14-8-4-5-9-15(14)12-21-13-18(19(22)20(2)3)23-17-11-7-6-10-16(17)21/h4-11,18H,12-13H2,1-3H3/t18-/m1/s1. The molecule has 0 fully saturated rings. The summed E-state index contributed by atoms with van der Waals surface area (Å²) >= 11 is 0. The Hall–Kier alpha value is -2.49. The van der Waals surface area contributed by atoms with Crippen LogP contribution in [-0.4, -0.2) is 37.6 Å². The Morgan fingerprint density at radius 1 is 1.17 bits per heavy atom. The average molecular weight is 310 g/mol. The van der Waals surface area contributed by atoms with E-state index >= 15 is 0 Å². The Labute approximate surface area is 137 Å². The SMILES string of the molecule is Cc1ccccc1CN1C[C@H](C(=O)N(C)C)Oc2ccccc21. The summed E-state index contributed by atoms with van der Waals surface area (Å²) in [6.07, 6.45) is -0.469. The smallest absolute Gasteiger partial charge is 0.265 e. The van der Waals surface area contributed by atoms with Gasteiger partial charge in [0.05, 0.1) is 12.2 Å². The Kier molecular flexibility index (Phi) is 4.24. The number of hydrogen-bond donors (Lipinski definition) is 0. The quantitative estimate of drug-likeness (QED) is 0.874. The molecule has 0 radical (unpaired) electrons. The molecule has 3 rings (SSSR count). The maximum atomic E-state index is 12.3. The highest BCUT2D eigenvalue weighted by Crippen LogP contribution is 2.34. The minimum Gasteiger partial charge on any atom is -0.477 e. The maximum absolute atomic E-state index is 12.3. The van der Waals surface area contributed by atoms with E-state index in [1.807, 2.05) is 30.3 Å². The molecule has 0 unspecified atom stereocenters. The number of likely N-dealkylation sites (N-methyl/N-ethyl adjacent to an activating group) is 1. The molecule has 1 aliphatic rings. The Morgan fingerprint density at radius 2 is 1.87 bits per heavy atom. The molecule has 0 saturated carbocycles. The summed E-state index contributed by atoms with van der Waals surface area (Å²) in [5, 5.41) is 0. The number of fused-ring (bicyclic) bond motifs is 1. The van der Waals surface area contributed by atoms with Gasteiger partial charge < -0.3 is 14.5 Å². The van der Waals surface area contributed by atoms with Crippen molar-refractivity contribution in [2.45, 2.75) is 19.6 Å². The highest BCUT2D eigenvalue weighted by Gasteiger charge is 2.31. The van der Waals surface area contributed by atoms with Gasteiger partial charge in [0.1, 0.15) is 5.75 Å². The summed E-state index contributed by atoms with van der Waals surface area (Å²) in [5.41, 5.74) is 3.56. The highest BCUT2D eigenvalue weighted by atomic mass is 16.5. The first-order chi connectivity index (χ1) is 11.1. The summed E-state index contributed by atoms with van der Waals surface area (Å²) in [4.78, 5) is 16.2. The fourth-order valence-corrected chi connectivity index (χ4v) is 2.87. The van der Waals surface area contributed by atoms with Gasteiger partial charge in [-0.15, -0.1) is 0 Å². The number of carbonyl (C=O) groups is 1. The molecule has 0 saturated heterocycles. The number of rotatable bonds is 3. The van der Waals surface area contributed by atoms with E-state index in [0.717, 1.165) is 18.0 Å². The fourth-order valence-electron chi connectivity index (χ4n) is 2.87. The van der Waals surface area contributed by atoms with Crippen molar-refractivity contribution in [2.75, 3.05) is 25.5 Å². The largest absolute Gasteiger partial charge is 0.477 e.